The molecule has 0 bridgehead atoms. The summed E-state index contributed by atoms with van der Waals surface area (Å²) in [5, 5.41) is 0.0644. The molecular formula is C26H24FN3O4S. The average Bonchev–Trinajstić information content (AvgIpc) is 3.64. The van der Waals surface area contributed by atoms with Crippen LogP contribution in [0.5, 0.6) is 0 Å². The van der Waals surface area contributed by atoms with E-state index in [1.807, 2.05) is 30.3 Å². The van der Waals surface area contributed by atoms with E-state index in [2.05, 4.69) is 4.72 Å². The SMILES string of the molecule is Cc1c(-c2ccc(=O)n(Cc3ccccc3)c2)c2cc(F)ccc2n1CC(=O)NS(=O)(=O)C1CC1. The second-order valence-electron chi connectivity index (χ2n) is 8.85. The number of hydrogen-bond acceptors (Lipinski definition) is 4. The molecule has 4 aromatic rings. The third-order valence-corrected chi connectivity index (χ3v) is 8.14. The maximum atomic E-state index is 14.3. The van der Waals surface area contributed by atoms with Crippen LogP contribution in [0.25, 0.3) is 22.0 Å². The Hall–Kier alpha value is -3.72. The van der Waals surface area contributed by atoms with E-state index in [1.165, 1.54) is 18.2 Å². The average molecular weight is 494 g/mol. The molecule has 1 N–H and O–H groups in total. The molecule has 7 nitrogen and oxygen atoms in total. The molecule has 2 aromatic heterocycles. The van der Waals surface area contributed by atoms with E-state index in [0.29, 0.717) is 47.1 Å². The van der Waals surface area contributed by atoms with Gasteiger partial charge in [-0.1, -0.05) is 30.3 Å². The third-order valence-electron chi connectivity index (χ3n) is 6.27. The Morgan fingerprint density at radius 1 is 1.09 bits per heavy atom. The Labute approximate surface area is 201 Å². The highest BCUT2D eigenvalue weighted by Crippen LogP contribution is 2.35. The number of carbonyl (C=O) groups is 1. The highest BCUT2D eigenvalue weighted by atomic mass is 32.2. The molecule has 180 valence electrons. The fourth-order valence-corrected chi connectivity index (χ4v) is 5.71. The maximum absolute atomic E-state index is 14.3. The quantitative estimate of drug-likeness (QED) is 0.426. The highest BCUT2D eigenvalue weighted by molar-refractivity contribution is 7.90. The van der Waals surface area contributed by atoms with Crippen LogP contribution >= 0.6 is 0 Å². The first-order chi connectivity index (χ1) is 16.7. The lowest BCUT2D eigenvalue weighted by Crippen LogP contribution is -2.35. The summed E-state index contributed by atoms with van der Waals surface area (Å²) >= 11 is 0. The summed E-state index contributed by atoms with van der Waals surface area (Å²) in [7, 11) is -3.68. The lowest BCUT2D eigenvalue weighted by Gasteiger charge is -2.11. The van der Waals surface area contributed by atoms with Crippen molar-refractivity contribution in [3.8, 4) is 11.1 Å². The molecule has 2 heterocycles. The van der Waals surface area contributed by atoms with Gasteiger partial charge in [-0.2, -0.15) is 0 Å². The summed E-state index contributed by atoms with van der Waals surface area (Å²) < 4.78 is 44.1. The van der Waals surface area contributed by atoms with E-state index >= 15 is 0 Å². The van der Waals surface area contributed by atoms with Gasteiger partial charge in [0.25, 0.3) is 11.5 Å². The van der Waals surface area contributed by atoms with Crippen molar-refractivity contribution in [1.82, 2.24) is 13.9 Å². The molecule has 9 heteroatoms. The van der Waals surface area contributed by atoms with Crippen LogP contribution in [0.4, 0.5) is 4.39 Å². The van der Waals surface area contributed by atoms with Crippen molar-refractivity contribution in [3.05, 3.63) is 94.3 Å². The number of pyridine rings is 1. The number of rotatable bonds is 7. The minimum absolute atomic E-state index is 0.171. The predicted octanol–water partition coefficient (Wildman–Crippen LogP) is 3.57. The zero-order valence-electron chi connectivity index (χ0n) is 19.1. The predicted molar refractivity (Wildman–Crippen MR) is 132 cm³/mol. The normalized spacial score (nSPS) is 13.8. The van der Waals surface area contributed by atoms with E-state index < -0.39 is 27.0 Å². The van der Waals surface area contributed by atoms with E-state index in [0.717, 1.165) is 5.56 Å². The molecule has 0 spiro atoms. The fraction of sp³-hybridized carbons (Fsp3) is 0.231. The number of hydrogen-bond donors (Lipinski definition) is 1. The number of benzene rings is 2. The number of amides is 1. The van der Waals surface area contributed by atoms with Gasteiger partial charge in [0.1, 0.15) is 12.4 Å². The molecule has 1 aliphatic rings. The van der Waals surface area contributed by atoms with Gasteiger partial charge in [0.2, 0.25) is 10.0 Å². The Bertz CT molecular complexity index is 1600. The zero-order valence-corrected chi connectivity index (χ0v) is 19.9. The molecule has 5 rings (SSSR count). The minimum Gasteiger partial charge on any atom is -0.335 e. The maximum Gasteiger partial charge on any atom is 0.253 e. The molecule has 0 atom stereocenters. The van der Waals surface area contributed by atoms with Crippen LogP contribution in [0.15, 0.2) is 71.7 Å². The molecule has 1 fully saturated rings. The van der Waals surface area contributed by atoms with Crippen molar-refractivity contribution in [3.63, 3.8) is 0 Å². The molecule has 0 radical (unpaired) electrons. The summed E-state index contributed by atoms with van der Waals surface area (Å²) in [4.78, 5) is 25.2. The second-order valence-corrected chi connectivity index (χ2v) is 10.8. The number of carbonyl (C=O) groups excluding carboxylic acids is 1. The van der Waals surface area contributed by atoms with Crippen molar-refractivity contribution in [2.45, 2.75) is 38.1 Å². The first-order valence-corrected chi connectivity index (χ1v) is 12.8. The largest absolute Gasteiger partial charge is 0.335 e. The van der Waals surface area contributed by atoms with E-state index in [-0.39, 0.29) is 12.1 Å². The highest BCUT2D eigenvalue weighted by Gasteiger charge is 2.37. The van der Waals surface area contributed by atoms with Crippen LogP contribution < -0.4 is 10.3 Å². The fourth-order valence-electron chi connectivity index (χ4n) is 4.40. The molecule has 0 unspecified atom stereocenters. The Balaban J connectivity index is 1.56. The zero-order chi connectivity index (χ0) is 24.7. The molecule has 1 saturated carbocycles. The van der Waals surface area contributed by atoms with Gasteiger partial charge in [0, 0.05) is 40.0 Å². The van der Waals surface area contributed by atoms with E-state index in [1.54, 1.807) is 34.4 Å². The smallest absolute Gasteiger partial charge is 0.253 e. The molecule has 35 heavy (non-hydrogen) atoms. The number of nitrogens with one attached hydrogen (secondary N) is 1. The Kier molecular flexibility index (Phi) is 5.80. The van der Waals surface area contributed by atoms with Gasteiger partial charge in [-0.15, -0.1) is 0 Å². The van der Waals surface area contributed by atoms with Crippen molar-refractivity contribution in [2.75, 3.05) is 0 Å². The molecule has 0 aliphatic heterocycles. The molecule has 2 aromatic carbocycles. The van der Waals surface area contributed by atoms with Gasteiger partial charge in [-0.3, -0.25) is 14.3 Å². The van der Waals surface area contributed by atoms with Crippen LogP contribution in [0.1, 0.15) is 24.1 Å². The van der Waals surface area contributed by atoms with Crippen molar-refractivity contribution in [1.29, 1.82) is 0 Å². The molecule has 1 amide bonds. The van der Waals surface area contributed by atoms with Gasteiger partial charge in [0.15, 0.2) is 0 Å². The first kappa shape index (κ1) is 23.0. The standard InChI is InChI=1S/C26H24FN3O4S/c1-17-26(19-7-12-25(32)29(15-19)14-18-5-3-2-4-6-18)22-13-20(27)8-11-23(22)30(17)16-24(31)28-35(33,34)21-9-10-21/h2-8,11-13,15,21H,9-10,14,16H2,1H3,(H,28,31). The van der Waals surface area contributed by atoms with Crippen LogP contribution in [0, 0.1) is 12.7 Å². The number of nitrogens with zero attached hydrogens (tertiary/aromatic N) is 2. The molecule has 0 saturated heterocycles. The number of halogens is 1. The summed E-state index contributed by atoms with van der Waals surface area (Å²) in [5.41, 5.74) is 3.42. The summed E-state index contributed by atoms with van der Waals surface area (Å²) in [6.45, 7) is 1.94. The Morgan fingerprint density at radius 2 is 1.83 bits per heavy atom. The summed E-state index contributed by atoms with van der Waals surface area (Å²) in [5.74, 6) is -1.09. The number of fused-ring (bicyclic) bond motifs is 1. The van der Waals surface area contributed by atoms with Gasteiger partial charge < -0.3 is 9.13 Å². The van der Waals surface area contributed by atoms with E-state index in [4.69, 9.17) is 0 Å². The van der Waals surface area contributed by atoms with Crippen LogP contribution in [-0.2, 0) is 27.9 Å². The van der Waals surface area contributed by atoms with E-state index in [9.17, 15) is 22.4 Å². The van der Waals surface area contributed by atoms with Crippen molar-refractivity contribution >= 4 is 26.8 Å². The summed E-state index contributed by atoms with van der Waals surface area (Å²) in [6, 6.07) is 17.0. The van der Waals surface area contributed by atoms with Gasteiger partial charge >= 0.3 is 0 Å². The van der Waals surface area contributed by atoms with Crippen LogP contribution in [-0.4, -0.2) is 28.7 Å². The van der Waals surface area contributed by atoms with Gasteiger partial charge in [-0.05, 0) is 49.6 Å². The first-order valence-electron chi connectivity index (χ1n) is 11.3. The third kappa shape index (κ3) is 4.64. The lowest BCUT2D eigenvalue weighted by atomic mass is 10.0. The van der Waals surface area contributed by atoms with Crippen LogP contribution in [0.3, 0.4) is 0 Å². The topological polar surface area (TPSA) is 90.2 Å². The van der Waals surface area contributed by atoms with Gasteiger partial charge in [-0.25, -0.2) is 12.8 Å². The molecular weight excluding hydrogens is 469 g/mol. The van der Waals surface area contributed by atoms with Crippen molar-refractivity contribution in [2.24, 2.45) is 0 Å². The minimum atomic E-state index is -3.68. The number of sulfonamides is 1. The van der Waals surface area contributed by atoms with Crippen molar-refractivity contribution < 1.29 is 17.6 Å². The van der Waals surface area contributed by atoms with Crippen LogP contribution in [0.2, 0.25) is 0 Å². The monoisotopic (exact) mass is 493 g/mol. The molecule has 1 aliphatic carbocycles. The second kappa shape index (κ2) is 8.81. The Morgan fingerprint density at radius 3 is 2.54 bits per heavy atom. The number of aromatic nitrogens is 2. The lowest BCUT2D eigenvalue weighted by molar-refractivity contribution is -0.119. The summed E-state index contributed by atoms with van der Waals surface area (Å²) in [6.07, 6.45) is 2.83. The van der Waals surface area contributed by atoms with Gasteiger partial charge in [0.05, 0.1) is 11.8 Å².